The molecule has 0 N–H and O–H groups in total. The maximum absolute atomic E-state index is 5.12. The van der Waals surface area contributed by atoms with Crippen LogP contribution in [0.15, 0.2) is 69.8 Å². The van der Waals surface area contributed by atoms with Crippen LogP contribution < -0.4 is 0 Å². The van der Waals surface area contributed by atoms with Crippen LogP contribution in [-0.2, 0) is 6.54 Å². The average Bonchev–Trinajstić information content (AvgIpc) is 3.03. The van der Waals surface area contributed by atoms with Crippen LogP contribution in [0, 0.1) is 0 Å². The quantitative estimate of drug-likeness (QED) is 0.677. The molecule has 0 saturated carbocycles. The molecule has 6 nitrogen and oxygen atoms in total. The van der Waals surface area contributed by atoms with E-state index in [1.165, 1.54) is 6.39 Å². The highest BCUT2D eigenvalue weighted by Crippen LogP contribution is 2.20. The Hall–Kier alpha value is -2.89. The van der Waals surface area contributed by atoms with Gasteiger partial charge in [0.2, 0.25) is 12.3 Å². The summed E-state index contributed by atoms with van der Waals surface area (Å²) in [7, 11) is 0. The van der Waals surface area contributed by atoms with Crippen molar-refractivity contribution in [3.05, 3.63) is 60.7 Å². The highest BCUT2D eigenvalue weighted by atomic mass is 16.4. The Morgan fingerprint density at radius 3 is 2.50 bits per heavy atom. The van der Waals surface area contributed by atoms with Gasteiger partial charge in [-0.1, -0.05) is 0 Å². The predicted molar refractivity (Wildman–Crippen MR) is 72.2 cm³/mol. The first-order chi connectivity index (χ1) is 9.92. The Kier molecular flexibility index (Phi) is 3.55. The number of hydrogen-bond acceptors (Lipinski definition) is 6. The van der Waals surface area contributed by atoms with Gasteiger partial charge in [0.1, 0.15) is 0 Å². The fourth-order valence-electron chi connectivity index (χ4n) is 1.66. The molecule has 3 rings (SSSR count). The Morgan fingerprint density at radius 1 is 1.00 bits per heavy atom. The van der Waals surface area contributed by atoms with Crippen molar-refractivity contribution in [2.45, 2.75) is 6.54 Å². The van der Waals surface area contributed by atoms with Crippen molar-refractivity contribution < 1.29 is 4.42 Å². The van der Waals surface area contributed by atoms with E-state index in [1.807, 2.05) is 36.4 Å². The monoisotopic (exact) mass is 265 g/mol. The summed E-state index contributed by atoms with van der Waals surface area (Å²) in [4.78, 5) is 3.95. The normalized spacial score (nSPS) is 11.0. The van der Waals surface area contributed by atoms with Crippen molar-refractivity contribution in [3.8, 4) is 11.5 Å². The molecule has 0 aliphatic rings. The molecule has 0 aliphatic carbocycles. The molecule has 1 aromatic carbocycles. The molecule has 0 atom stereocenters. The van der Waals surface area contributed by atoms with E-state index >= 15 is 0 Å². The van der Waals surface area contributed by atoms with Crippen LogP contribution >= 0.6 is 0 Å². The van der Waals surface area contributed by atoms with Crippen molar-refractivity contribution in [3.63, 3.8) is 0 Å². The Labute approximate surface area is 115 Å². The zero-order valence-corrected chi connectivity index (χ0v) is 10.5. The number of hydrogen-bond donors (Lipinski definition) is 0. The number of azo groups is 1. The third-order valence-electron chi connectivity index (χ3n) is 2.66. The zero-order valence-electron chi connectivity index (χ0n) is 10.5. The van der Waals surface area contributed by atoms with Crippen LogP contribution in [-0.4, -0.2) is 15.2 Å². The van der Waals surface area contributed by atoms with Crippen molar-refractivity contribution >= 4 is 5.69 Å². The molecule has 0 radical (unpaired) electrons. The van der Waals surface area contributed by atoms with Crippen LogP contribution in [0.5, 0.6) is 0 Å². The van der Waals surface area contributed by atoms with E-state index in [0.29, 0.717) is 12.4 Å². The third kappa shape index (κ3) is 2.92. The van der Waals surface area contributed by atoms with Gasteiger partial charge < -0.3 is 4.42 Å². The van der Waals surface area contributed by atoms with Gasteiger partial charge in [0, 0.05) is 18.0 Å². The lowest BCUT2D eigenvalue weighted by Gasteiger charge is -1.96. The number of nitrogens with zero attached hydrogens (tertiary/aromatic N) is 5. The van der Waals surface area contributed by atoms with Crippen molar-refractivity contribution in [2.75, 3.05) is 0 Å². The van der Waals surface area contributed by atoms with E-state index < -0.39 is 0 Å². The predicted octanol–water partition coefficient (Wildman–Crippen LogP) is 3.42. The Morgan fingerprint density at radius 2 is 1.80 bits per heavy atom. The second-order valence-electron chi connectivity index (χ2n) is 4.05. The minimum Gasteiger partial charge on any atom is -0.423 e. The van der Waals surface area contributed by atoms with Gasteiger partial charge in [-0.15, -0.1) is 10.2 Å². The van der Waals surface area contributed by atoms with E-state index in [9.17, 15) is 0 Å². The lowest BCUT2D eigenvalue weighted by atomic mass is 10.2. The molecule has 2 aromatic heterocycles. The molecule has 0 aliphatic heterocycles. The zero-order chi connectivity index (χ0) is 13.6. The molecule has 0 saturated heterocycles. The smallest absolute Gasteiger partial charge is 0.247 e. The minimum absolute atomic E-state index is 0.491. The van der Waals surface area contributed by atoms with Gasteiger partial charge >= 0.3 is 0 Å². The van der Waals surface area contributed by atoms with Crippen molar-refractivity contribution in [1.82, 2.24) is 15.2 Å². The van der Waals surface area contributed by atoms with E-state index in [4.69, 9.17) is 4.42 Å². The number of aromatic nitrogens is 3. The number of pyridine rings is 1. The Balaban J connectivity index is 1.66. The standard InChI is InChI=1S/C14H11N5O/c1-3-13(4-2-12(1)14-19-17-10-20-14)18-16-9-11-5-7-15-8-6-11/h1-8,10H,9H2. The Bertz CT molecular complexity index is 677. The summed E-state index contributed by atoms with van der Waals surface area (Å²) in [5.41, 5.74) is 2.71. The van der Waals surface area contributed by atoms with E-state index in [0.717, 1.165) is 16.8 Å². The summed E-state index contributed by atoms with van der Waals surface area (Å²) in [6.45, 7) is 0.536. The summed E-state index contributed by atoms with van der Waals surface area (Å²) in [6.07, 6.45) is 4.78. The van der Waals surface area contributed by atoms with Crippen LogP contribution in [0.1, 0.15) is 5.56 Å². The maximum Gasteiger partial charge on any atom is 0.247 e. The SMILES string of the molecule is c1cc(CN=Nc2ccc(-c3nnco3)cc2)ccn1. The fraction of sp³-hybridized carbons (Fsp3) is 0.0714. The van der Waals surface area contributed by atoms with Crippen LogP contribution in [0.3, 0.4) is 0 Å². The summed E-state index contributed by atoms with van der Waals surface area (Å²) >= 11 is 0. The molecule has 6 heteroatoms. The highest BCUT2D eigenvalue weighted by Gasteiger charge is 2.02. The van der Waals surface area contributed by atoms with Gasteiger partial charge in [0.05, 0.1) is 12.2 Å². The second kappa shape index (κ2) is 5.83. The van der Waals surface area contributed by atoms with Gasteiger partial charge in [-0.05, 0) is 42.0 Å². The van der Waals surface area contributed by atoms with E-state index in [2.05, 4.69) is 25.4 Å². The highest BCUT2D eigenvalue weighted by molar-refractivity contribution is 5.56. The number of rotatable bonds is 4. The molecule has 20 heavy (non-hydrogen) atoms. The number of benzene rings is 1. The maximum atomic E-state index is 5.12. The van der Waals surface area contributed by atoms with Crippen LogP contribution in [0.2, 0.25) is 0 Å². The average molecular weight is 265 g/mol. The van der Waals surface area contributed by atoms with E-state index in [-0.39, 0.29) is 0 Å². The molecule has 98 valence electrons. The van der Waals surface area contributed by atoms with Gasteiger partial charge in [-0.25, -0.2) is 0 Å². The first-order valence-corrected chi connectivity index (χ1v) is 6.05. The summed E-state index contributed by atoms with van der Waals surface area (Å²) in [5.74, 6) is 0.491. The largest absolute Gasteiger partial charge is 0.423 e. The summed E-state index contributed by atoms with van der Waals surface area (Å²) in [5, 5.41) is 15.8. The van der Waals surface area contributed by atoms with Gasteiger partial charge in [-0.3, -0.25) is 4.98 Å². The molecule has 0 fully saturated rings. The molecule has 0 bridgehead atoms. The fourth-order valence-corrected chi connectivity index (χ4v) is 1.66. The first-order valence-electron chi connectivity index (χ1n) is 6.05. The van der Waals surface area contributed by atoms with Crippen LogP contribution in [0.25, 0.3) is 11.5 Å². The van der Waals surface area contributed by atoms with Gasteiger partial charge in [-0.2, -0.15) is 10.2 Å². The molecule has 0 spiro atoms. The molecular weight excluding hydrogens is 254 g/mol. The summed E-state index contributed by atoms with van der Waals surface area (Å²) < 4.78 is 5.12. The lowest BCUT2D eigenvalue weighted by Crippen LogP contribution is -1.80. The topological polar surface area (TPSA) is 76.5 Å². The van der Waals surface area contributed by atoms with E-state index in [1.54, 1.807) is 12.4 Å². The van der Waals surface area contributed by atoms with Gasteiger partial charge in [0.25, 0.3) is 0 Å². The minimum atomic E-state index is 0.491. The molecule has 0 unspecified atom stereocenters. The molecule has 0 amide bonds. The lowest BCUT2D eigenvalue weighted by molar-refractivity contribution is 0.568. The molecule has 2 heterocycles. The van der Waals surface area contributed by atoms with Gasteiger partial charge in [0.15, 0.2) is 0 Å². The molecule has 3 aromatic rings. The summed E-state index contributed by atoms with van der Waals surface area (Å²) in [6, 6.07) is 11.3. The third-order valence-corrected chi connectivity index (χ3v) is 2.66. The first kappa shape index (κ1) is 12.2. The van der Waals surface area contributed by atoms with Crippen LogP contribution in [0.4, 0.5) is 5.69 Å². The van der Waals surface area contributed by atoms with Crippen molar-refractivity contribution in [2.24, 2.45) is 10.2 Å². The molecular formula is C14H11N5O. The van der Waals surface area contributed by atoms with Crippen molar-refractivity contribution in [1.29, 1.82) is 0 Å². The second-order valence-corrected chi connectivity index (χ2v) is 4.05.